The van der Waals surface area contributed by atoms with E-state index in [0.29, 0.717) is 5.54 Å². The molecule has 0 aromatic carbocycles. The van der Waals surface area contributed by atoms with Gasteiger partial charge in [-0.05, 0) is 58.5 Å². The van der Waals surface area contributed by atoms with Gasteiger partial charge in [-0.25, -0.2) is 0 Å². The Balaban J connectivity index is 2.02. The van der Waals surface area contributed by atoms with Gasteiger partial charge in [0.05, 0.1) is 0 Å². The highest BCUT2D eigenvalue weighted by molar-refractivity contribution is 5.00. The van der Waals surface area contributed by atoms with Crippen molar-refractivity contribution in [3.8, 4) is 0 Å². The summed E-state index contributed by atoms with van der Waals surface area (Å²) in [5.41, 5.74) is 0.525. The summed E-state index contributed by atoms with van der Waals surface area (Å²) in [6.07, 6.45) is 5.88. The third-order valence-electron chi connectivity index (χ3n) is 3.90. The van der Waals surface area contributed by atoms with Crippen LogP contribution in [-0.4, -0.2) is 24.5 Å². The number of hydrogen-bond donors (Lipinski definition) is 0. The van der Waals surface area contributed by atoms with E-state index in [4.69, 9.17) is 0 Å². The monoisotopic (exact) mass is 153 g/mol. The van der Waals surface area contributed by atoms with Gasteiger partial charge in [0.15, 0.2) is 0 Å². The molecule has 2 aliphatic carbocycles. The maximum absolute atomic E-state index is 2.42. The van der Waals surface area contributed by atoms with Gasteiger partial charge in [0.2, 0.25) is 0 Å². The predicted octanol–water partition coefficient (Wildman–Crippen LogP) is 2.13. The first-order chi connectivity index (χ1) is 5.12. The average Bonchev–Trinajstić information content (AvgIpc) is 2.65. The molecule has 0 aromatic rings. The molecule has 0 bridgehead atoms. The van der Waals surface area contributed by atoms with Crippen LogP contribution in [0.1, 0.15) is 32.6 Å². The van der Waals surface area contributed by atoms with Gasteiger partial charge in [-0.1, -0.05) is 0 Å². The van der Waals surface area contributed by atoms with Crippen molar-refractivity contribution in [2.24, 2.45) is 11.8 Å². The molecule has 2 fully saturated rings. The normalized spacial score (nSPS) is 49.1. The van der Waals surface area contributed by atoms with Crippen LogP contribution < -0.4 is 0 Å². The average molecular weight is 153 g/mol. The summed E-state index contributed by atoms with van der Waals surface area (Å²) < 4.78 is 0. The van der Waals surface area contributed by atoms with Crippen LogP contribution in [0.4, 0.5) is 0 Å². The number of hydrogen-bond acceptors (Lipinski definition) is 1. The van der Waals surface area contributed by atoms with E-state index in [1.54, 1.807) is 0 Å². The van der Waals surface area contributed by atoms with Crippen LogP contribution in [0.2, 0.25) is 0 Å². The summed E-state index contributed by atoms with van der Waals surface area (Å²) >= 11 is 0. The van der Waals surface area contributed by atoms with Gasteiger partial charge in [-0.2, -0.15) is 0 Å². The Morgan fingerprint density at radius 1 is 1.27 bits per heavy atom. The highest BCUT2D eigenvalue weighted by Gasteiger charge is 2.47. The zero-order chi connectivity index (χ0) is 8.06. The van der Waals surface area contributed by atoms with Crippen molar-refractivity contribution >= 4 is 0 Å². The molecule has 64 valence electrons. The third-order valence-corrected chi connectivity index (χ3v) is 3.90. The van der Waals surface area contributed by atoms with Crippen molar-refractivity contribution in [1.82, 2.24) is 4.90 Å². The summed E-state index contributed by atoms with van der Waals surface area (Å²) in [6, 6.07) is 0. The summed E-state index contributed by atoms with van der Waals surface area (Å²) in [7, 11) is 4.45. The van der Waals surface area contributed by atoms with Crippen LogP contribution in [0.5, 0.6) is 0 Å². The fraction of sp³-hybridized carbons (Fsp3) is 1.00. The topological polar surface area (TPSA) is 3.24 Å². The fourth-order valence-corrected chi connectivity index (χ4v) is 2.48. The van der Waals surface area contributed by atoms with Crippen molar-refractivity contribution in [3.05, 3.63) is 0 Å². The Kier molecular flexibility index (Phi) is 1.54. The van der Waals surface area contributed by atoms with E-state index in [0.717, 1.165) is 11.8 Å². The minimum Gasteiger partial charge on any atom is -0.304 e. The molecule has 0 N–H and O–H groups in total. The Bertz CT molecular complexity index is 164. The van der Waals surface area contributed by atoms with Gasteiger partial charge in [0.25, 0.3) is 0 Å². The lowest BCUT2D eigenvalue weighted by molar-refractivity contribution is 0.115. The molecule has 0 amide bonds. The highest BCUT2D eigenvalue weighted by atomic mass is 15.1. The van der Waals surface area contributed by atoms with E-state index in [9.17, 15) is 0 Å². The molecular formula is C10H19N. The van der Waals surface area contributed by atoms with Crippen molar-refractivity contribution in [1.29, 1.82) is 0 Å². The number of nitrogens with zero attached hydrogens (tertiary/aromatic N) is 1. The van der Waals surface area contributed by atoms with Crippen molar-refractivity contribution in [3.63, 3.8) is 0 Å². The van der Waals surface area contributed by atoms with Gasteiger partial charge < -0.3 is 4.90 Å². The summed E-state index contributed by atoms with van der Waals surface area (Å²) in [5, 5.41) is 0. The van der Waals surface area contributed by atoms with E-state index in [2.05, 4.69) is 25.9 Å². The van der Waals surface area contributed by atoms with Gasteiger partial charge in [0, 0.05) is 5.54 Å². The Labute approximate surface area is 69.8 Å². The maximum atomic E-state index is 2.42. The molecule has 0 radical (unpaired) electrons. The minimum atomic E-state index is 0.525. The Morgan fingerprint density at radius 3 is 2.55 bits per heavy atom. The summed E-state index contributed by atoms with van der Waals surface area (Å²) in [5.74, 6) is 2.22. The molecule has 0 aromatic heterocycles. The third kappa shape index (κ3) is 1.20. The first-order valence-electron chi connectivity index (χ1n) is 4.79. The van der Waals surface area contributed by atoms with Crippen molar-refractivity contribution < 1.29 is 0 Å². The molecule has 3 atom stereocenters. The lowest BCUT2D eigenvalue weighted by Gasteiger charge is -2.39. The van der Waals surface area contributed by atoms with Crippen LogP contribution in [0, 0.1) is 11.8 Å². The van der Waals surface area contributed by atoms with Crippen LogP contribution in [0.3, 0.4) is 0 Å². The second-order valence-corrected chi connectivity index (χ2v) is 4.89. The van der Waals surface area contributed by atoms with Gasteiger partial charge in [-0.15, -0.1) is 0 Å². The fourth-order valence-electron chi connectivity index (χ4n) is 2.48. The SMILES string of the molecule is CN(C)C1(C)CCC2CC2C1. The first-order valence-corrected chi connectivity index (χ1v) is 4.79. The van der Waals surface area contributed by atoms with E-state index >= 15 is 0 Å². The van der Waals surface area contributed by atoms with Gasteiger partial charge >= 0.3 is 0 Å². The molecule has 2 rings (SSSR count). The van der Waals surface area contributed by atoms with E-state index in [1.165, 1.54) is 25.7 Å². The molecule has 2 aliphatic rings. The molecule has 0 saturated heterocycles. The van der Waals surface area contributed by atoms with Crippen molar-refractivity contribution in [2.45, 2.75) is 38.1 Å². The Morgan fingerprint density at radius 2 is 2.00 bits per heavy atom. The maximum Gasteiger partial charge on any atom is 0.0178 e. The Hall–Kier alpha value is -0.0400. The standard InChI is InChI=1S/C10H19N/c1-10(11(2)3)5-4-8-6-9(8)7-10/h8-9H,4-7H2,1-3H3. The zero-order valence-corrected chi connectivity index (χ0v) is 7.93. The second kappa shape index (κ2) is 2.22. The van der Waals surface area contributed by atoms with Gasteiger partial charge in [0.1, 0.15) is 0 Å². The molecule has 1 heteroatoms. The molecule has 2 saturated carbocycles. The lowest BCUT2D eigenvalue weighted by Crippen LogP contribution is -2.43. The van der Waals surface area contributed by atoms with Crippen LogP contribution in [0.15, 0.2) is 0 Å². The summed E-state index contributed by atoms with van der Waals surface area (Å²) in [6.45, 7) is 2.42. The quantitative estimate of drug-likeness (QED) is 0.558. The van der Waals surface area contributed by atoms with Gasteiger partial charge in [-0.3, -0.25) is 0 Å². The molecular weight excluding hydrogens is 134 g/mol. The second-order valence-electron chi connectivity index (χ2n) is 4.89. The molecule has 0 heterocycles. The molecule has 1 nitrogen and oxygen atoms in total. The lowest BCUT2D eigenvalue weighted by atomic mass is 9.82. The smallest absolute Gasteiger partial charge is 0.0178 e. The van der Waals surface area contributed by atoms with E-state index < -0.39 is 0 Å². The van der Waals surface area contributed by atoms with Crippen LogP contribution >= 0.6 is 0 Å². The number of fused-ring (bicyclic) bond motifs is 1. The molecule has 0 aliphatic heterocycles. The predicted molar refractivity (Wildman–Crippen MR) is 47.5 cm³/mol. The molecule has 3 unspecified atom stereocenters. The van der Waals surface area contributed by atoms with E-state index in [-0.39, 0.29) is 0 Å². The van der Waals surface area contributed by atoms with Crippen molar-refractivity contribution in [2.75, 3.05) is 14.1 Å². The van der Waals surface area contributed by atoms with Crippen LogP contribution in [-0.2, 0) is 0 Å². The van der Waals surface area contributed by atoms with E-state index in [1.807, 2.05) is 0 Å². The first kappa shape index (κ1) is 7.60. The summed E-state index contributed by atoms with van der Waals surface area (Å²) in [4.78, 5) is 2.42. The molecule has 11 heavy (non-hydrogen) atoms. The van der Waals surface area contributed by atoms with Crippen LogP contribution in [0.25, 0.3) is 0 Å². The minimum absolute atomic E-state index is 0.525. The highest BCUT2D eigenvalue weighted by Crippen LogP contribution is 2.53. The zero-order valence-electron chi connectivity index (χ0n) is 7.93. The number of rotatable bonds is 1. The molecule has 0 spiro atoms. The largest absolute Gasteiger partial charge is 0.304 e.